The molecule has 0 aliphatic carbocycles. The Kier molecular flexibility index (Phi) is 5.67. The highest BCUT2D eigenvalue weighted by Crippen LogP contribution is 2.33. The van der Waals surface area contributed by atoms with Gasteiger partial charge in [-0.1, -0.05) is 13.0 Å². The Morgan fingerprint density at radius 2 is 1.74 bits per heavy atom. The average Bonchev–Trinajstić information content (AvgIpc) is 2.71. The molecule has 1 atom stereocenters. The summed E-state index contributed by atoms with van der Waals surface area (Å²) in [6, 6.07) is 11.2. The summed E-state index contributed by atoms with van der Waals surface area (Å²) in [7, 11) is -2.19. The Hall–Kier alpha value is -2.58. The number of carbonyl (C=O) groups excluding carboxylic acids is 1. The van der Waals surface area contributed by atoms with Crippen LogP contribution in [0, 0.1) is 0 Å². The zero-order valence-electron chi connectivity index (χ0n) is 15.2. The number of carbonyl (C=O) groups is 1. The van der Waals surface area contributed by atoms with Crippen LogP contribution in [-0.2, 0) is 10.0 Å². The van der Waals surface area contributed by atoms with Crippen LogP contribution in [0.2, 0.25) is 0 Å². The molecule has 1 unspecified atom stereocenters. The first-order valence-electron chi connectivity index (χ1n) is 8.68. The van der Waals surface area contributed by atoms with Crippen LogP contribution in [0.25, 0.3) is 0 Å². The molecule has 7 nitrogen and oxygen atoms in total. The van der Waals surface area contributed by atoms with E-state index in [1.165, 1.54) is 31.3 Å². The van der Waals surface area contributed by atoms with Gasteiger partial charge in [-0.2, -0.15) is 0 Å². The van der Waals surface area contributed by atoms with Gasteiger partial charge in [0.05, 0.1) is 10.9 Å². The molecule has 1 aliphatic rings. The molecule has 0 fully saturated rings. The third kappa shape index (κ3) is 4.23. The summed E-state index contributed by atoms with van der Waals surface area (Å²) < 4.78 is 36.9. The van der Waals surface area contributed by atoms with Crippen LogP contribution in [0.4, 0.5) is 0 Å². The number of hydrogen-bond acceptors (Lipinski definition) is 5. The summed E-state index contributed by atoms with van der Waals surface area (Å²) in [5, 5.41) is 2.98. The third-order valence-corrected chi connectivity index (χ3v) is 5.81. The number of amides is 1. The monoisotopic (exact) mass is 390 g/mol. The van der Waals surface area contributed by atoms with Gasteiger partial charge in [-0.3, -0.25) is 4.79 Å². The molecule has 1 heterocycles. The first-order chi connectivity index (χ1) is 12.9. The van der Waals surface area contributed by atoms with Crippen molar-refractivity contribution < 1.29 is 22.7 Å². The van der Waals surface area contributed by atoms with Crippen molar-refractivity contribution in [3.05, 3.63) is 53.6 Å². The predicted molar refractivity (Wildman–Crippen MR) is 101 cm³/mol. The van der Waals surface area contributed by atoms with E-state index < -0.39 is 10.0 Å². The molecule has 0 saturated carbocycles. The molecule has 144 valence electrons. The number of fused-ring (bicyclic) bond motifs is 1. The van der Waals surface area contributed by atoms with Crippen molar-refractivity contribution in [3.8, 4) is 11.5 Å². The van der Waals surface area contributed by atoms with E-state index in [1.807, 2.05) is 25.1 Å². The van der Waals surface area contributed by atoms with E-state index in [4.69, 9.17) is 9.47 Å². The van der Waals surface area contributed by atoms with E-state index >= 15 is 0 Å². The van der Waals surface area contributed by atoms with Gasteiger partial charge in [-0.15, -0.1) is 0 Å². The molecular formula is C19H22N2O5S. The molecule has 1 aliphatic heterocycles. The van der Waals surface area contributed by atoms with Crippen molar-refractivity contribution in [1.29, 1.82) is 0 Å². The predicted octanol–water partition coefficient (Wildman–Crippen LogP) is 2.25. The molecule has 0 radical (unpaired) electrons. The van der Waals surface area contributed by atoms with Crippen LogP contribution in [-0.4, -0.2) is 34.6 Å². The summed E-state index contributed by atoms with van der Waals surface area (Å²) in [5.74, 6) is 1.10. The van der Waals surface area contributed by atoms with Crippen LogP contribution in [0.15, 0.2) is 47.4 Å². The molecule has 0 saturated heterocycles. The molecule has 8 heteroatoms. The number of hydrogen-bond donors (Lipinski definition) is 2. The Bertz CT molecular complexity index is 926. The van der Waals surface area contributed by atoms with Gasteiger partial charge in [-0.25, -0.2) is 13.1 Å². The Labute approximate surface area is 158 Å². The van der Waals surface area contributed by atoms with Gasteiger partial charge in [0.15, 0.2) is 11.5 Å². The Morgan fingerprint density at radius 1 is 1.07 bits per heavy atom. The fourth-order valence-electron chi connectivity index (χ4n) is 2.84. The van der Waals surface area contributed by atoms with Crippen molar-refractivity contribution in [2.45, 2.75) is 24.3 Å². The summed E-state index contributed by atoms with van der Waals surface area (Å²) in [4.78, 5) is 12.7. The molecule has 2 aromatic rings. The lowest BCUT2D eigenvalue weighted by Gasteiger charge is -2.22. The minimum absolute atomic E-state index is 0.112. The van der Waals surface area contributed by atoms with Gasteiger partial charge < -0.3 is 14.8 Å². The molecule has 2 N–H and O–H groups in total. The van der Waals surface area contributed by atoms with Gasteiger partial charge in [0.2, 0.25) is 10.0 Å². The minimum atomic E-state index is -3.53. The van der Waals surface area contributed by atoms with E-state index in [2.05, 4.69) is 10.0 Å². The second-order valence-corrected chi connectivity index (χ2v) is 7.96. The molecule has 3 rings (SSSR count). The zero-order valence-corrected chi connectivity index (χ0v) is 16.0. The average molecular weight is 390 g/mol. The highest BCUT2D eigenvalue weighted by Gasteiger charge is 2.19. The van der Waals surface area contributed by atoms with E-state index in [0.29, 0.717) is 36.7 Å². The van der Waals surface area contributed by atoms with Crippen LogP contribution >= 0.6 is 0 Å². The van der Waals surface area contributed by atoms with Gasteiger partial charge in [-0.05, 0) is 55.4 Å². The quantitative estimate of drug-likeness (QED) is 0.789. The van der Waals surface area contributed by atoms with Crippen molar-refractivity contribution in [2.24, 2.45) is 0 Å². The van der Waals surface area contributed by atoms with Gasteiger partial charge in [0.1, 0.15) is 13.2 Å². The molecular weight excluding hydrogens is 368 g/mol. The summed E-state index contributed by atoms with van der Waals surface area (Å²) in [6.07, 6.45) is 0.692. The molecule has 27 heavy (non-hydrogen) atoms. The second kappa shape index (κ2) is 7.98. The largest absolute Gasteiger partial charge is 0.486 e. The SMILES string of the molecule is CCC(NC(=O)c1ccc(S(=O)(=O)NC)cc1)c1ccc2c(c1)OCCO2. The van der Waals surface area contributed by atoms with Crippen molar-refractivity contribution in [1.82, 2.24) is 10.0 Å². The third-order valence-electron chi connectivity index (χ3n) is 4.38. The fourth-order valence-corrected chi connectivity index (χ4v) is 3.57. The topological polar surface area (TPSA) is 93.7 Å². The van der Waals surface area contributed by atoms with Crippen LogP contribution in [0.1, 0.15) is 35.3 Å². The van der Waals surface area contributed by atoms with Gasteiger partial charge in [0, 0.05) is 5.56 Å². The number of ether oxygens (including phenoxy) is 2. The molecule has 0 bridgehead atoms. The van der Waals surface area contributed by atoms with Crippen LogP contribution < -0.4 is 19.5 Å². The van der Waals surface area contributed by atoms with E-state index in [-0.39, 0.29) is 16.8 Å². The molecule has 0 aromatic heterocycles. The summed E-state index contributed by atoms with van der Waals surface area (Å²) >= 11 is 0. The minimum Gasteiger partial charge on any atom is -0.486 e. The lowest BCUT2D eigenvalue weighted by Crippen LogP contribution is -2.28. The highest BCUT2D eigenvalue weighted by molar-refractivity contribution is 7.89. The smallest absolute Gasteiger partial charge is 0.251 e. The van der Waals surface area contributed by atoms with Gasteiger partial charge in [0.25, 0.3) is 5.91 Å². The van der Waals surface area contributed by atoms with Crippen molar-refractivity contribution in [2.75, 3.05) is 20.3 Å². The maximum absolute atomic E-state index is 12.6. The molecule has 2 aromatic carbocycles. The van der Waals surface area contributed by atoms with Crippen molar-refractivity contribution >= 4 is 15.9 Å². The van der Waals surface area contributed by atoms with Gasteiger partial charge >= 0.3 is 0 Å². The van der Waals surface area contributed by atoms with E-state index in [9.17, 15) is 13.2 Å². The van der Waals surface area contributed by atoms with E-state index in [0.717, 1.165) is 5.56 Å². The first kappa shape index (κ1) is 19.2. The maximum Gasteiger partial charge on any atom is 0.251 e. The zero-order chi connectivity index (χ0) is 19.4. The highest BCUT2D eigenvalue weighted by atomic mass is 32.2. The number of rotatable bonds is 6. The number of benzene rings is 2. The lowest BCUT2D eigenvalue weighted by atomic mass is 10.0. The molecule has 1 amide bonds. The first-order valence-corrected chi connectivity index (χ1v) is 10.2. The number of sulfonamides is 1. The number of nitrogens with one attached hydrogen (secondary N) is 2. The normalized spacial score (nSPS) is 14.4. The standard InChI is InChI=1S/C19H22N2O5S/c1-3-16(14-6-9-17-18(12-14)26-11-10-25-17)21-19(22)13-4-7-15(8-5-13)27(23,24)20-2/h4-9,12,16,20H,3,10-11H2,1-2H3,(H,21,22). The van der Waals surface area contributed by atoms with Crippen molar-refractivity contribution in [3.63, 3.8) is 0 Å². The molecule has 0 spiro atoms. The fraction of sp³-hybridized carbons (Fsp3) is 0.316. The lowest BCUT2D eigenvalue weighted by molar-refractivity contribution is 0.0935. The van der Waals surface area contributed by atoms with Crippen LogP contribution in [0.5, 0.6) is 11.5 Å². The second-order valence-electron chi connectivity index (χ2n) is 6.07. The summed E-state index contributed by atoms with van der Waals surface area (Å²) in [6.45, 7) is 3.01. The maximum atomic E-state index is 12.6. The van der Waals surface area contributed by atoms with Crippen LogP contribution in [0.3, 0.4) is 0 Å². The Balaban J connectivity index is 1.75. The van der Waals surface area contributed by atoms with E-state index in [1.54, 1.807) is 0 Å². The Morgan fingerprint density at radius 3 is 2.37 bits per heavy atom. The summed E-state index contributed by atoms with van der Waals surface area (Å²) in [5.41, 5.74) is 1.31.